The maximum atomic E-state index is 6.40. The quantitative estimate of drug-likeness (QED) is 0.459. The molecule has 0 aromatic rings. The highest BCUT2D eigenvalue weighted by Crippen LogP contribution is 2.30. The van der Waals surface area contributed by atoms with E-state index in [0.29, 0.717) is 6.10 Å². The average molecular weight is 411 g/mol. The minimum absolute atomic E-state index is 0.562. The van der Waals surface area contributed by atoms with Crippen LogP contribution in [-0.4, -0.2) is 24.2 Å². The van der Waals surface area contributed by atoms with Crippen molar-refractivity contribution in [2.24, 2.45) is 5.92 Å². The maximum absolute atomic E-state index is 6.40. The van der Waals surface area contributed by atoms with E-state index < -0.39 is 0 Å². The van der Waals surface area contributed by atoms with Crippen LogP contribution < -0.4 is 0 Å². The van der Waals surface area contributed by atoms with Crippen molar-refractivity contribution < 1.29 is 4.74 Å². The van der Waals surface area contributed by atoms with Gasteiger partial charge in [0.2, 0.25) is 0 Å². The summed E-state index contributed by atoms with van der Waals surface area (Å²) in [4.78, 5) is 0. The maximum Gasteiger partial charge on any atom is 0.0575 e. The van der Waals surface area contributed by atoms with Crippen molar-refractivity contribution in [3.8, 4) is 0 Å². The van der Waals surface area contributed by atoms with Gasteiger partial charge in [0.25, 0.3) is 0 Å². The van der Waals surface area contributed by atoms with Gasteiger partial charge >= 0.3 is 0 Å². The second-order valence-corrected chi connectivity index (χ2v) is 10.8. The lowest BCUT2D eigenvalue weighted by atomic mass is 9.97. The predicted octanol–water partition coefficient (Wildman–Crippen LogP) is 8.94. The fourth-order valence-electron chi connectivity index (χ4n) is 5.03. The van der Waals surface area contributed by atoms with Crippen molar-refractivity contribution in [1.29, 1.82) is 0 Å². The van der Waals surface area contributed by atoms with E-state index in [1.165, 1.54) is 146 Å². The average Bonchev–Trinajstić information content (AvgIpc) is 3.22. The fraction of sp³-hybridized carbons (Fsp3) is 1.00. The van der Waals surface area contributed by atoms with Crippen LogP contribution in [0, 0.1) is 5.92 Å². The molecule has 2 fully saturated rings. The van der Waals surface area contributed by atoms with E-state index in [9.17, 15) is 0 Å². The molecule has 166 valence electrons. The molecule has 1 heterocycles. The Hall–Kier alpha value is 0.310. The lowest BCUT2D eigenvalue weighted by Gasteiger charge is -2.20. The smallest absolute Gasteiger partial charge is 0.0575 e. The van der Waals surface area contributed by atoms with Crippen molar-refractivity contribution in [2.45, 2.75) is 141 Å². The molecule has 1 atom stereocenters. The minimum Gasteiger partial charge on any atom is -0.378 e. The van der Waals surface area contributed by atoms with Gasteiger partial charge in [0.15, 0.2) is 0 Å². The van der Waals surface area contributed by atoms with Crippen molar-refractivity contribution in [2.75, 3.05) is 18.1 Å². The Morgan fingerprint density at radius 1 is 0.500 bits per heavy atom. The number of hydrogen-bond acceptors (Lipinski definition) is 2. The van der Waals surface area contributed by atoms with Gasteiger partial charge in [-0.25, -0.2) is 0 Å². The molecule has 2 heteroatoms. The third kappa shape index (κ3) is 13.5. The first-order chi connectivity index (χ1) is 13.9. The van der Waals surface area contributed by atoms with Crippen molar-refractivity contribution in [3.63, 3.8) is 0 Å². The van der Waals surface area contributed by atoms with E-state index in [-0.39, 0.29) is 0 Å². The molecule has 0 aromatic carbocycles. The Bertz CT molecular complexity index is 304. The number of rotatable bonds is 3. The highest BCUT2D eigenvalue weighted by atomic mass is 32.2. The Morgan fingerprint density at radius 2 is 1.00 bits per heavy atom. The summed E-state index contributed by atoms with van der Waals surface area (Å²) in [6.45, 7) is 1.02. The SMILES string of the molecule is C1CCCCCC(CCC2CCCC2)OCCCCCCCCSCCCC1. The number of ether oxygens (including phenoxy) is 1. The van der Waals surface area contributed by atoms with Crippen LogP contribution in [0.3, 0.4) is 0 Å². The summed E-state index contributed by atoms with van der Waals surface area (Å²) in [7, 11) is 0. The Balaban J connectivity index is 1.63. The van der Waals surface area contributed by atoms with Crippen LogP contribution in [0.4, 0.5) is 0 Å². The van der Waals surface area contributed by atoms with Crippen LogP contribution in [0.25, 0.3) is 0 Å². The zero-order chi connectivity index (χ0) is 19.5. The molecular formula is C26H50OS. The molecule has 1 nitrogen and oxygen atoms in total. The first-order valence-electron chi connectivity index (χ1n) is 13.1. The number of thioether (sulfide) groups is 1. The topological polar surface area (TPSA) is 9.23 Å². The molecule has 1 saturated carbocycles. The van der Waals surface area contributed by atoms with E-state index in [0.717, 1.165) is 12.5 Å². The van der Waals surface area contributed by atoms with Crippen LogP contribution in [0.15, 0.2) is 0 Å². The van der Waals surface area contributed by atoms with Crippen LogP contribution in [0.2, 0.25) is 0 Å². The van der Waals surface area contributed by atoms with Gasteiger partial charge in [-0.3, -0.25) is 0 Å². The molecule has 0 amide bonds. The van der Waals surface area contributed by atoms with E-state index in [2.05, 4.69) is 11.8 Å². The molecular weight excluding hydrogens is 360 g/mol. The van der Waals surface area contributed by atoms with Crippen molar-refractivity contribution in [1.82, 2.24) is 0 Å². The molecule has 1 saturated heterocycles. The summed E-state index contributed by atoms with van der Waals surface area (Å²) in [5.41, 5.74) is 0. The van der Waals surface area contributed by atoms with Gasteiger partial charge in [-0.15, -0.1) is 0 Å². The summed E-state index contributed by atoms with van der Waals surface area (Å²) >= 11 is 2.20. The summed E-state index contributed by atoms with van der Waals surface area (Å²) in [5, 5.41) is 0. The molecule has 0 radical (unpaired) electrons. The van der Waals surface area contributed by atoms with Crippen LogP contribution in [0.5, 0.6) is 0 Å². The molecule has 0 aromatic heterocycles. The molecule has 1 unspecified atom stereocenters. The van der Waals surface area contributed by atoms with Gasteiger partial charge in [-0.1, -0.05) is 96.3 Å². The first kappa shape index (κ1) is 24.6. The van der Waals surface area contributed by atoms with Gasteiger partial charge in [-0.2, -0.15) is 11.8 Å². The normalized spacial score (nSPS) is 27.2. The number of hydrogen-bond donors (Lipinski definition) is 0. The molecule has 1 aliphatic carbocycles. The van der Waals surface area contributed by atoms with Crippen LogP contribution in [0.1, 0.15) is 135 Å². The zero-order valence-electron chi connectivity index (χ0n) is 18.9. The second-order valence-electron chi connectivity index (χ2n) is 9.57. The van der Waals surface area contributed by atoms with Gasteiger partial charge in [0.05, 0.1) is 6.10 Å². The third-order valence-electron chi connectivity index (χ3n) is 6.97. The molecule has 0 N–H and O–H groups in total. The van der Waals surface area contributed by atoms with E-state index in [4.69, 9.17) is 4.74 Å². The highest BCUT2D eigenvalue weighted by Gasteiger charge is 2.17. The lowest BCUT2D eigenvalue weighted by molar-refractivity contribution is 0.0333. The van der Waals surface area contributed by atoms with Crippen LogP contribution >= 0.6 is 11.8 Å². The Kier molecular flexibility index (Phi) is 15.9. The monoisotopic (exact) mass is 410 g/mol. The highest BCUT2D eigenvalue weighted by molar-refractivity contribution is 7.99. The van der Waals surface area contributed by atoms with Gasteiger partial charge in [0, 0.05) is 6.61 Å². The molecule has 1 aliphatic heterocycles. The molecule has 2 rings (SSSR count). The molecule has 2 aliphatic rings. The minimum atomic E-state index is 0.562. The lowest BCUT2D eigenvalue weighted by Crippen LogP contribution is -2.15. The Labute approximate surface area is 181 Å². The third-order valence-corrected chi connectivity index (χ3v) is 8.13. The summed E-state index contributed by atoms with van der Waals surface area (Å²) < 4.78 is 6.40. The standard InChI is InChI=1S/C26H50OS/c1-2-5-9-15-23-28-24-16-10-6-4-8-14-22-27-26(19-11-7-3-1)21-20-25-17-12-13-18-25/h25-26H,1-24H2. The zero-order valence-corrected chi connectivity index (χ0v) is 19.8. The Morgan fingerprint density at radius 3 is 1.64 bits per heavy atom. The molecule has 0 bridgehead atoms. The summed E-state index contributed by atoms with van der Waals surface area (Å²) in [6, 6.07) is 0. The van der Waals surface area contributed by atoms with Gasteiger partial charge in [-0.05, 0) is 55.9 Å². The van der Waals surface area contributed by atoms with Gasteiger partial charge < -0.3 is 4.74 Å². The summed E-state index contributed by atoms with van der Waals surface area (Å²) in [6.07, 6.45) is 30.6. The predicted molar refractivity (Wildman–Crippen MR) is 128 cm³/mol. The van der Waals surface area contributed by atoms with Crippen molar-refractivity contribution >= 4 is 11.8 Å². The molecule has 28 heavy (non-hydrogen) atoms. The fourth-order valence-corrected chi connectivity index (χ4v) is 6.05. The largest absolute Gasteiger partial charge is 0.378 e. The summed E-state index contributed by atoms with van der Waals surface area (Å²) in [5.74, 6) is 3.82. The van der Waals surface area contributed by atoms with E-state index >= 15 is 0 Å². The first-order valence-corrected chi connectivity index (χ1v) is 14.3. The van der Waals surface area contributed by atoms with E-state index in [1.54, 1.807) is 0 Å². The van der Waals surface area contributed by atoms with Crippen molar-refractivity contribution in [3.05, 3.63) is 0 Å². The van der Waals surface area contributed by atoms with Crippen LogP contribution in [-0.2, 0) is 4.74 Å². The van der Waals surface area contributed by atoms with E-state index in [1.807, 2.05) is 0 Å². The van der Waals surface area contributed by atoms with Gasteiger partial charge in [0.1, 0.15) is 0 Å². The molecule has 0 spiro atoms. The second kappa shape index (κ2) is 18.1.